The van der Waals surface area contributed by atoms with Crippen LogP contribution < -0.4 is 16.3 Å². The first-order valence-corrected chi connectivity index (χ1v) is 20.1. The van der Waals surface area contributed by atoms with E-state index in [4.69, 9.17) is 13.8 Å². The number of anilines is 1. The quantitative estimate of drug-likeness (QED) is 0.0548. The molecule has 2 N–H and O–H groups in total. The molecule has 0 spiro atoms. The molecule has 0 aliphatic carbocycles. The van der Waals surface area contributed by atoms with Gasteiger partial charge in [-0.15, -0.1) is 0 Å². The van der Waals surface area contributed by atoms with Gasteiger partial charge in [-0.05, 0) is 62.6 Å². The van der Waals surface area contributed by atoms with Crippen LogP contribution in [-0.2, 0) is 19.3 Å². The summed E-state index contributed by atoms with van der Waals surface area (Å²) in [5.74, 6) is -0.218. The van der Waals surface area contributed by atoms with Gasteiger partial charge in [0.15, 0.2) is 0 Å². The average molecular weight is 773 g/mol. The van der Waals surface area contributed by atoms with Crippen LogP contribution in [-0.4, -0.2) is 57.6 Å². The number of amides is 1. The number of carbonyl (C=O) groups is 1. The normalized spacial score (nSPS) is 17.6. The number of aromatic nitrogens is 2. The van der Waals surface area contributed by atoms with Gasteiger partial charge in [0.2, 0.25) is 0 Å². The average Bonchev–Trinajstić information content (AvgIpc) is 3.61. The van der Waals surface area contributed by atoms with Crippen molar-refractivity contribution in [1.82, 2.24) is 19.5 Å². The summed E-state index contributed by atoms with van der Waals surface area (Å²) >= 11 is 0. The van der Waals surface area contributed by atoms with E-state index in [0.717, 1.165) is 16.7 Å². The second-order valence-electron chi connectivity index (χ2n) is 14.1. The molecule has 1 aliphatic heterocycles. The van der Waals surface area contributed by atoms with Crippen molar-refractivity contribution >= 4 is 20.3 Å². The van der Waals surface area contributed by atoms with Crippen molar-refractivity contribution < 1.29 is 18.6 Å². The molecule has 4 atom stereocenters. The van der Waals surface area contributed by atoms with Crippen molar-refractivity contribution in [2.45, 2.75) is 76.5 Å². The van der Waals surface area contributed by atoms with Gasteiger partial charge in [0, 0.05) is 36.3 Å². The van der Waals surface area contributed by atoms with Gasteiger partial charge in [0.25, 0.3) is 14.4 Å². The lowest BCUT2D eigenvalue weighted by Gasteiger charge is -2.40. The third-order valence-electron chi connectivity index (χ3n) is 9.69. The van der Waals surface area contributed by atoms with Crippen LogP contribution in [0.5, 0.6) is 0 Å². The Labute approximate surface area is 330 Å². The highest BCUT2D eigenvalue weighted by Gasteiger charge is 2.45. The molecular weight excluding hydrogens is 723 g/mol. The van der Waals surface area contributed by atoms with Gasteiger partial charge < -0.3 is 19.1 Å². The van der Waals surface area contributed by atoms with E-state index in [0.29, 0.717) is 12.0 Å². The zero-order chi connectivity index (χ0) is 39.5. The third kappa shape index (κ3) is 9.48. The molecule has 1 fully saturated rings. The minimum Gasteiger partial charge on any atom is -0.351 e. The Hall–Kier alpha value is -5.05. The van der Waals surface area contributed by atoms with Crippen molar-refractivity contribution in [3.8, 4) is 6.07 Å². The zero-order valence-electron chi connectivity index (χ0n) is 32.2. The molecule has 1 aromatic heterocycles. The minimum atomic E-state index is -1.57. The van der Waals surface area contributed by atoms with E-state index in [1.807, 2.05) is 60.7 Å². The molecule has 290 valence electrons. The van der Waals surface area contributed by atoms with Crippen LogP contribution in [0.4, 0.5) is 5.82 Å². The highest BCUT2D eigenvalue weighted by Crippen LogP contribution is 2.47. The summed E-state index contributed by atoms with van der Waals surface area (Å²) in [5, 5.41) is 16.1. The lowest BCUT2D eigenvalue weighted by atomic mass is 9.76. The van der Waals surface area contributed by atoms with E-state index in [1.54, 1.807) is 36.5 Å². The maximum absolute atomic E-state index is 13.7. The highest BCUT2D eigenvalue weighted by molar-refractivity contribution is 7.44. The second kappa shape index (κ2) is 19.2. The molecule has 6 rings (SSSR count). The SMILES string of the molecule is CC(C)N(C(C)C)P(OCCC#N)OCC1O[C@@H](n2ccc(NC(=O)c3ccccc3)nc2=O)C[C@H]1NC(c1ccccc1)(c1ccccc1)c1ccccc1. The van der Waals surface area contributed by atoms with Crippen molar-refractivity contribution in [2.75, 3.05) is 18.5 Å². The number of benzene rings is 4. The lowest BCUT2D eigenvalue weighted by Crippen LogP contribution is -2.53. The minimum absolute atomic E-state index is 0.113. The van der Waals surface area contributed by atoms with Crippen LogP contribution in [0.1, 0.15) is 73.8 Å². The summed E-state index contributed by atoms with van der Waals surface area (Å²) in [7, 11) is -1.57. The van der Waals surface area contributed by atoms with Crippen LogP contribution in [0.15, 0.2) is 138 Å². The first-order chi connectivity index (χ1) is 27.2. The van der Waals surface area contributed by atoms with E-state index in [-0.39, 0.29) is 49.5 Å². The van der Waals surface area contributed by atoms with Gasteiger partial charge in [-0.1, -0.05) is 109 Å². The molecule has 0 saturated carbocycles. The number of nitriles is 1. The number of rotatable bonds is 17. The molecule has 1 amide bonds. The maximum Gasteiger partial charge on any atom is 0.351 e. The second-order valence-corrected chi connectivity index (χ2v) is 15.6. The Kier molecular flexibility index (Phi) is 13.9. The molecule has 1 saturated heterocycles. The number of hydrogen-bond donors (Lipinski definition) is 2. The summed E-state index contributed by atoms with van der Waals surface area (Å²) in [5.41, 5.74) is 2.17. The van der Waals surface area contributed by atoms with Crippen molar-refractivity contribution in [3.63, 3.8) is 0 Å². The fraction of sp³-hybridized carbons (Fsp3) is 0.318. The van der Waals surface area contributed by atoms with Gasteiger partial charge >= 0.3 is 5.69 Å². The summed E-state index contributed by atoms with van der Waals surface area (Å²) < 4.78 is 23.4. The van der Waals surface area contributed by atoms with Gasteiger partial charge in [0.05, 0.1) is 37.3 Å². The fourth-order valence-electron chi connectivity index (χ4n) is 7.23. The maximum atomic E-state index is 13.7. The smallest absolute Gasteiger partial charge is 0.351 e. The third-order valence-corrected chi connectivity index (χ3v) is 11.8. The van der Waals surface area contributed by atoms with Gasteiger partial charge in [0.1, 0.15) is 12.0 Å². The Morgan fingerprint density at radius 2 is 1.41 bits per heavy atom. The van der Waals surface area contributed by atoms with Crippen molar-refractivity contribution in [3.05, 3.63) is 166 Å². The Morgan fingerprint density at radius 3 is 1.91 bits per heavy atom. The molecule has 5 aromatic rings. The van der Waals surface area contributed by atoms with Gasteiger partial charge in [-0.25, -0.2) is 9.46 Å². The lowest BCUT2D eigenvalue weighted by molar-refractivity contribution is -0.0277. The van der Waals surface area contributed by atoms with E-state index in [9.17, 15) is 14.9 Å². The molecule has 11 nitrogen and oxygen atoms in total. The predicted octanol–water partition coefficient (Wildman–Crippen LogP) is 8.03. The van der Waals surface area contributed by atoms with Crippen molar-refractivity contribution in [2.24, 2.45) is 0 Å². The fourth-order valence-corrected chi connectivity index (χ4v) is 8.85. The first kappa shape index (κ1) is 40.6. The Morgan fingerprint density at radius 1 is 0.875 bits per heavy atom. The summed E-state index contributed by atoms with van der Waals surface area (Å²) in [4.78, 5) is 30.7. The van der Waals surface area contributed by atoms with E-state index in [1.165, 1.54) is 4.57 Å². The van der Waals surface area contributed by atoms with E-state index < -0.39 is 32.1 Å². The Balaban J connectivity index is 1.37. The van der Waals surface area contributed by atoms with Crippen molar-refractivity contribution in [1.29, 1.82) is 5.26 Å². The van der Waals surface area contributed by atoms with E-state index in [2.05, 4.69) is 90.5 Å². The number of ether oxygens (including phenoxy) is 1. The van der Waals surface area contributed by atoms with Crippen LogP contribution in [0.3, 0.4) is 0 Å². The summed E-state index contributed by atoms with van der Waals surface area (Å²) in [6.07, 6.45) is 0.980. The van der Waals surface area contributed by atoms with Crippen LogP contribution in [0.2, 0.25) is 0 Å². The van der Waals surface area contributed by atoms with Gasteiger partial charge in [-0.3, -0.25) is 14.7 Å². The molecular formula is C44H49N6O5P. The topological polar surface area (TPSA) is 131 Å². The standard InChI is InChI=1S/C44H49N6O5P/c1-32(2)50(33(3)4)56(53-29-17-27-45)54-31-39-38(30-41(55-39)49-28-26-40(47-43(49)52)46-42(51)34-18-9-5-10-19-34)48-44(35-20-11-6-12-21-35,36-22-13-7-14-23-36)37-24-15-8-16-25-37/h5-16,18-26,28,32-33,38-39,41,48H,17,29-31H2,1-4H3,(H,46,47,51,52)/t38-,39?,41-,56?/m1/s1. The molecule has 12 heteroatoms. The molecule has 2 heterocycles. The monoisotopic (exact) mass is 772 g/mol. The van der Waals surface area contributed by atoms with Crippen LogP contribution >= 0.6 is 8.53 Å². The predicted molar refractivity (Wildman–Crippen MR) is 219 cm³/mol. The summed E-state index contributed by atoms with van der Waals surface area (Å²) in [6.45, 7) is 8.76. The van der Waals surface area contributed by atoms with E-state index >= 15 is 0 Å². The van der Waals surface area contributed by atoms with Crippen LogP contribution in [0, 0.1) is 11.3 Å². The molecule has 0 radical (unpaired) electrons. The van der Waals surface area contributed by atoms with Crippen LogP contribution in [0.25, 0.3) is 0 Å². The number of nitrogens with one attached hydrogen (secondary N) is 2. The molecule has 0 bridgehead atoms. The van der Waals surface area contributed by atoms with Gasteiger partial charge in [-0.2, -0.15) is 10.2 Å². The molecule has 56 heavy (non-hydrogen) atoms. The number of nitrogens with zero attached hydrogens (tertiary/aromatic N) is 4. The zero-order valence-corrected chi connectivity index (χ0v) is 33.1. The molecule has 2 unspecified atom stereocenters. The number of hydrogen-bond acceptors (Lipinski definition) is 9. The highest BCUT2D eigenvalue weighted by atomic mass is 31.2. The molecule has 4 aromatic carbocycles. The Bertz CT molecular complexity index is 1990. The molecule has 1 aliphatic rings. The summed E-state index contributed by atoms with van der Waals surface area (Å²) in [6, 6.07) is 43.3. The number of carbonyl (C=O) groups excluding carboxylic acids is 1. The largest absolute Gasteiger partial charge is 0.351 e. The first-order valence-electron chi connectivity index (χ1n) is 19.0.